The van der Waals surface area contributed by atoms with Gasteiger partial charge in [-0.3, -0.25) is 0 Å². The van der Waals surface area contributed by atoms with Gasteiger partial charge in [-0.1, -0.05) is 0 Å². The summed E-state index contributed by atoms with van der Waals surface area (Å²) >= 11 is 0. The molecule has 1 aliphatic rings. The minimum absolute atomic E-state index is 0. The average molecular weight is 235 g/mol. The molecule has 0 fully saturated rings. The van der Waals surface area contributed by atoms with E-state index in [1.807, 2.05) is 25.1 Å². The number of benzene rings is 1. The molecular formula is C14H21NO2. The number of carbonyl (C=O) groups is 1. The van der Waals surface area contributed by atoms with Gasteiger partial charge in [0.15, 0.2) is 0 Å². The lowest BCUT2D eigenvalue weighted by Gasteiger charge is -2.33. The van der Waals surface area contributed by atoms with Crippen LogP contribution in [0.2, 0.25) is 0 Å². The van der Waals surface area contributed by atoms with E-state index < -0.39 is 0 Å². The lowest BCUT2D eigenvalue weighted by Crippen LogP contribution is -2.35. The van der Waals surface area contributed by atoms with Crippen LogP contribution in [-0.2, 0) is 11.2 Å². The number of nitrogens with one attached hydrogen (secondary N) is 1. The van der Waals surface area contributed by atoms with E-state index >= 15 is 0 Å². The Bertz CT molecular complexity index is 443. The van der Waals surface area contributed by atoms with Crippen LogP contribution in [0.3, 0.4) is 0 Å². The first-order valence-electron chi connectivity index (χ1n) is 6.10. The first-order valence-corrected chi connectivity index (χ1v) is 6.10. The second kappa shape index (κ2) is 4.40. The molecule has 94 valence electrons. The summed E-state index contributed by atoms with van der Waals surface area (Å²) in [6, 6.07) is 5.74. The summed E-state index contributed by atoms with van der Waals surface area (Å²) in [5.41, 5.74) is 3.12. The predicted molar refractivity (Wildman–Crippen MR) is 70.5 cm³/mol. The molecule has 0 amide bonds. The first-order chi connectivity index (χ1) is 8.02. The summed E-state index contributed by atoms with van der Waals surface area (Å²) in [5.74, 6) is -0.236. The molecule has 0 saturated heterocycles. The molecule has 1 aliphatic heterocycles. The molecule has 1 aromatic carbocycles. The number of hydrogen-bond donors (Lipinski definition) is 1. The van der Waals surface area contributed by atoms with E-state index in [0.717, 1.165) is 18.5 Å². The highest BCUT2D eigenvalue weighted by atomic mass is 16.5. The first kappa shape index (κ1) is 12.0. The Morgan fingerprint density at radius 2 is 2.29 bits per heavy atom. The minimum atomic E-state index is -0.236. The fourth-order valence-electron chi connectivity index (χ4n) is 2.14. The van der Waals surface area contributed by atoms with Crippen LogP contribution in [0.25, 0.3) is 0 Å². The van der Waals surface area contributed by atoms with Crippen molar-refractivity contribution in [1.29, 1.82) is 0 Å². The van der Waals surface area contributed by atoms with Crippen molar-refractivity contribution in [3.05, 3.63) is 29.3 Å². The van der Waals surface area contributed by atoms with Gasteiger partial charge < -0.3 is 10.1 Å². The van der Waals surface area contributed by atoms with Crippen molar-refractivity contribution in [2.75, 3.05) is 11.9 Å². The van der Waals surface area contributed by atoms with E-state index in [9.17, 15) is 4.79 Å². The maximum Gasteiger partial charge on any atom is 0.338 e. The fourth-order valence-corrected chi connectivity index (χ4v) is 2.14. The summed E-state index contributed by atoms with van der Waals surface area (Å²) in [5, 5.41) is 3.48. The second-order valence-corrected chi connectivity index (χ2v) is 5.10. The summed E-state index contributed by atoms with van der Waals surface area (Å²) in [7, 11) is 0. The normalized spacial score (nSPS) is 16.9. The molecule has 3 nitrogen and oxygen atoms in total. The van der Waals surface area contributed by atoms with Crippen LogP contribution in [0.15, 0.2) is 18.2 Å². The maximum atomic E-state index is 11.6. The van der Waals surface area contributed by atoms with Gasteiger partial charge in [-0.15, -0.1) is 0 Å². The molecule has 0 spiro atoms. The average Bonchev–Trinajstić information content (AvgIpc) is 2.27. The number of anilines is 1. The van der Waals surface area contributed by atoms with Crippen molar-refractivity contribution in [1.82, 2.24) is 0 Å². The lowest BCUT2D eigenvalue weighted by molar-refractivity contribution is 0.0526. The Kier molecular flexibility index (Phi) is 3.09. The zero-order valence-corrected chi connectivity index (χ0v) is 10.7. The fraction of sp³-hybridized carbons (Fsp3) is 0.500. The van der Waals surface area contributed by atoms with E-state index in [4.69, 9.17) is 4.74 Å². The Balaban J connectivity index is 0.00000162. The zero-order chi connectivity index (χ0) is 12.5. The molecule has 0 aliphatic carbocycles. The Morgan fingerprint density at radius 1 is 1.53 bits per heavy atom. The van der Waals surface area contributed by atoms with E-state index in [1.54, 1.807) is 0 Å². The van der Waals surface area contributed by atoms with Gasteiger partial charge >= 0.3 is 5.97 Å². The van der Waals surface area contributed by atoms with Gasteiger partial charge in [-0.25, -0.2) is 4.79 Å². The quantitative estimate of drug-likeness (QED) is 0.800. The molecule has 1 N–H and O–H groups in total. The largest absolute Gasteiger partial charge is 0.462 e. The molecular weight excluding hydrogens is 214 g/mol. The van der Waals surface area contributed by atoms with Gasteiger partial charge in [0, 0.05) is 12.7 Å². The van der Waals surface area contributed by atoms with Crippen molar-refractivity contribution in [3.8, 4) is 0 Å². The number of carbonyl (C=O) groups excluding carboxylic acids is 1. The van der Waals surface area contributed by atoms with Gasteiger partial charge in [0.1, 0.15) is 0 Å². The zero-order valence-electron chi connectivity index (χ0n) is 10.7. The molecule has 3 heteroatoms. The Morgan fingerprint density at radius 3 is 3.00 bits per heavy atom. The van der Waals surface area contributed by atoms with Crippen molar-refractivity contribution in [3.63, 3.8) is 0 Å². The van der Waals surface area contributed by atoms with E-state index in [-0.39, 0.29) is 12.9 Å². The van der Waals surface area contributed by atoms with Gasteiger partial charge in [0.05, 0.1) is 12.2 Å². The van der Waals surface area contributed by atoms with Crippen LogP contribution in [0, 0.1) is 0 Å². The highest BCUT2D eigenvalue weighted by Crippen LogP contribution is 2.31. The number of fused-ring (bicyclic) bond motifs is 1. The Labute approximate surface area is 104 Å². The molecule has 1 aromatic rings. The van der Waals surface area contributed by atoms with Crippen molar-refractivity contribution < 1.29 is 11.0 Å². The summed E-state index contributed by atoms with van der Waals surface area (Å²) < 4.78 is 5.00. The third-order valence-corrected chi connectivity index (χ3v) is 3.11. The summed E-state index contributed by atoms with van der Waals surface area (Å²) in [6.45, 7) is 6.62. The molecule has 1 heterocycles. The summed E-state index contributed by atoms with van der Waals surface area (Å²) in [6.07, 6.45) is 2.08. The van der Waals surface area contributed by atoms with Crippen LogP contribution in [0.5, 0.6) is 0 Å². The van der Waals surface area contributed by atoms with E-state index in [1.165, 1.54) is 5.56 Å². The number of aryl methyl sites for hydroxylation is 1. The predicted octanol–water partition coefficient (Wildman–Crippen LogP) is 3.25. The van der Waals surface area contributed by atoms with Gasteiger partial charge in [-0.2, -0.15) is 0 Å². The lowest BCUT2D eigenvalue weighted by atomic mass is 9.89. The van der Waals surface area contributed by atoms with Crippen molar-refractivity contribution in [2.45, 2.75) is 39.2 Å². The van der Waals surface area contributed by atoms with Gasteiger partial charge in [0.25, 0.3) is 0 Å². The third kappa shape index (κ3) is 2.60. The SMILES string of the molecule is CCOC(=O)c1ccc2c(c1)CCC(C)(C)N2.[HH]. The standard InChI is InChI=1S/C14H19NO2.H2/c1-4-17-13(16)11-5-6-12-10(9-11)7-8-14(2,3)15-12;/h5-6,9,15H,4,7-8H2,1-3H3;1H. The number of rotatable bonds is 2. The molecule has 17 heavy (non-hydrogen) atoms. The van der Waals surface area contributed by atoms with Crippen molar-refractivity contribution in [2.24, 2.45) is 0 Å². The minimum Gasteiger partial charge on any atom is -0.462 e. The topological polar surface area (TPSA) is 38.3 Å². The number of hydrogen-bond acceptors (Lipinski definition) is 3. The number of ether oxygens (including phenoxy) is 1. The third-order valence-electron chi connectivity index (χ3n) is 3.11. The smallest absolute Gasteiger partial charge is 0.338 e. The van der Waals surface area contributed by atoms with Crippen LogP contribution in [0.4, 0.5) is 5.69 Å². The van der Waals surface area contributed by atoms with Crippen LogP contribution in [-0.4, -0.2) is 18.1 Å². The second-order valence-electron chi connectivity index (χ2n) is 5.10. The molecule has 2 rings (SSSR count). The van der Waals surface area contributed by atoms with E-state index in [0.29, 0.717) is 12.2 Å². The highest BCUT2D eigenvalue weighted by Gasteiger charge is 2.24. The van der Waals surface area contributed by atoms with Gasteiger partial charge in [-0.05, 0) is 57.4 Å². The van der Waals surface area contributed by atoms with Crippen LogP contribution >= 0.6 is 0 Å². The van der Waals surface area contributed by atoms with Crippen LogP contribution < -0.4 is 5.32 Å². The highest BCUT2D eigenvalue weighted by molar-refractivity contribution is 5.90. The Hall–Kier alpha value is -1.51. The molecule has 0 unspecified atom stereocenters. The molecule has 0 saturated carbocycles. The molecule has 0 atom stereocenters. The summed E-state index contributed by atoms with van der Waals surface area (Å²) in [4.78, 5) is 11.6. The van der Waals surface area contributed by atoms with Crippen LogP contribution in [0.1, 0.15) is 44.5 Å². The molecule has 0 aromatic heterocycles. The molecule has 0 bridgehead atoms. The molecule has 0 radical (unpaired) electrons. The monoisotopic (exact) mass is 235 g/mol. The van der Waals surface area contributed by atoms with Crippen molar-refractivity contribution >= 4 is 11.7 Å². The van der Waals surface area contributed by atoms with E-state index in [2.05, 4.69) is 19.2 Å². The number of esters is 1. The maximum absolute atomic E-state index is 11.6. The van der Waals surface area contributed by atoms with Gasteiger partial charge in [0.2, 0.25) is 0 Å².